The summed E-state index contributed by atoms with van der Waals surface area (Å²) in [5.41, 5.74) is 1.69. The predicted octanol–water partition coefficient (Wildman–Crippen LogP) is -4.89. The van der Waals surface area contributed by atoms with Gasteiger partial charge in [0.05, 0.1) is 0 Å². The second kappa shape index (κ2) is 9.53. The summed E-state index contributed by atoms with van der Waals surface area (Å²) in [5, 5.41) is 0. The van der Waals surface area contributed by atoms with Gasteiger partial charge in [-0.25, -0.2) is 16.8 Å². The van der Waals surface area contributed by atoms with Gasteiger partial charge in [-0.1, -0.05) is 24.3 Å². The summed E-state index contributed by atoms with van der Waals surface area (Å²) in [7, 11) is -9.14. The van der Waals surface area contributed by atoms with Crippen LogP contribution in [0.5, 0.6) is 0 Å². The molecule has 12 heteroatoms. The average molecular weight is 388 g/mol. The van der Waals surface area contributed by atoms with Crippen LogP contribution in [-0.2, 0) is 20.6 Å². The molecule has 0 saturated carbocycles. The molecule has 0 heterocycles. The zero-order valence-electron chi connectivity index (χ0n) is 12.9. The third kappa shape index (κ3) is 8.30. The van der Waals surface area contributed by atoms with E-state index >= 15 is 0 Å². The minimum absolute atomic E-state index is 0. The topological polar surface area (TPSA) is 138 Å². The fourth-order valence-corrected chi connectivity index (χ4v) is 2.60. The van der Waals surface area contributed by atoms with E-state index in [4.69, 9.17) is 0 Å². The number of hydrogen-bond acceptors (Lipinski definition) is 6. The Morgan fingerprint density at radius 2 is 0.833 bits per heavy atom. The van der Waals surface area contributed by atoms with Gasteiger partial charge in [-0.2, -0.15) is 0 Å². The molecule has 0 fully saturated rings. The van der Waals surface area contributed by atoms with Gasteiger partial charge in [-0.3, -0.25) is 9.44 Å². The van der Waals surface area contributed by atoms with Crippen molar-refractivity contribution >= 4 is 32.0 Å². The van der Waals surface area contributed by atoms with E-state index in [9.17, 15) is 25.9 Å². The maximum atomic E-state index is 10.6. The number of benzene rings is 2. The molecule has 0 amide bonds. The normalized spacial score (nSPS) is 10.9. The van der Waals surface area contributed by atoms with Crippen LogP contribution in [0.25, 0.3) is 11.1 Å². The Labute approximate surface area is 184 Å². The number of nitrogens with one attached hydrogen (secondary N) is 2. The summed E-state index contributed by atoms with van der Waals surface area (Å²) in [6, 6.07) is 12.0. The number of rotatable bonds is 5. The van der Waals surface area contributed by atoms with Crippen molar-refractivity contribution in [2.24, 2.45) is 0 Å². The Morgan fingerprint density at radius 3 is 1.04 bits per heavy atom. The van der Waals surface area contributed by atoms with Gasteiger partial charge >= 0.3 is 59.1 Å². The van der Waals surface area contributed by atoms with Crippen molar-refractivity contribution < 1.29 is 85.1 Å². The maximum Gasteiger partial charge on any atom is 1.00 e. The molecule has 24 heavy (non-hydrogen) atoms. The molecular weight excluding hydrogens is 378 g/mol. The molecule has 0 atom stereocenters. The van der Waals surface area contributed by atoms with Crippen molar-refractivity contribution in [2.75, 3.05) is 9.44 Å². The van der Waals surface area contributed by atoms with E-state index in [-0.39, 0.29) is 70.5 Å². The van der Waals surface area contributed by atoms with Gasteiger partial charge < -0.3 is 9.11 Å². The van der Waals surface area contributed by atoms with Gasteiger partial charge in [-0.15, -0.1) is 0 Å². The van der Waals surface area contributed by atoms with Crippen molar-refractivity contribution in [2.45, 2.75) is 0 Å². The van der Waals surface area contributed by atoms with Crippen LogP contribution >= 0.6 is 0 Å². The third-order valence-electron chi connectivity index (χ3n) is 2.59. The summed E-state index contributed by atoms with van der Waals surface area (Å²) < 4.78 is 67.0. The van der Waals surface area contributed by atoms with Crippen LogP contribution in [-0.4, -0.2) is 25.9 Å². The molecule has 0 aliphatic carbocycles. The van der Waals surface area contributed by atoms with Crippen LogP contribution in [0.15, 0.2) is 48.5 Å². The monoisotopic (exact) mass is 388 g/mol. The van der Waals surface area contributed by atoms with Crippen LogP contribution in [0, 0.1) is 0 Å². The van der Waals surface area contributed by atoms with Crippen molar-refractivity contribution in [3.05, 3.63) is 48.5 Å². The first-order valence-corrected chi connectivity index (χ1v) is 8.62. The van der Waals surface area contributed by atoms with Crippen LogP contribution in [0.4, 0.5) is 11.4 Å². The zero-order chi connectivity index (χ0) is 16.4. The first kappa shape index (κ1) is 23.9. The molecule has 2 rings (SSSR count). The second-order valence-electron chi connectivity index (χ2n) is 4.27. The fourth-order valence-electron chi connectivity index (χ4n) is 1.75. The van der Waals surface area contributed by atoms with Crippen LogP contribution in [0.2, 0.25) is 0 Å². The van der Waals surface area contributed by atoms with Crippen molar-refractivity contribution in [3.63, 3.8) is 0 Å². The number of anilines is 2. The van der Waals surface area contributed by atoms with Gasteiger partial charge in [-0.05, 0) is 35.4 Å². The van der Waals surface area contributed by atoms with Gasteiger partial charge in [0.25, 0.3) is 0 Å². The molecule has 2 N–H and O–H groups in total. The van der Waals surface area contributed by atoms with Crippen LogP contribution in [0.3, 0.4) is 0 Å². The molecule has 0 saturated heterocycles. The number of hydrogen-bond donors (Lipinski definition) is 2. The minimum atomic E-state index is -4.57. The molecule has 0 aromatic heterocycles. The van der Waals surface area contributed by atoms with E-state index in [1.165, 1.54) is 24.3 Å². The van der Waals surface area contributed by atoms with Gasteiger partial charge in [0, 0.05) is 11.4 Å². The Bertz CT molecular complexity index is 793. The van der Waals surface area contributed by atoms with Crippen LogP contribution < -0.4 is 68.6 Å². The maximum absolute atomic E-state index is 10.6. The Morgan fingerprint density at radius 1 is 0.583 bits per heavy atom. The minimum Gasteiger partial charge on any atom is -0.731 e. The molecule has 0 radical (unpaired) electrons. The molecule has 118 valence electrons. The molecule has 0 aliphatic heterocycles. The molecule has 8 nitrogen and oxygen atoms in total. The van der Waals surface area contributed by atoms with E-state index in [0.29, 0.717) is 11.1 Å². The molecule has 0 aliphatic rings. The Hall–Kier alpha value is -0.140. The summed E-state index contributed by atoms with van der Waals surface area (Å²) in [6.07, 6.45) is 0. The van der Waals surface area contributed by atoms with E-state index < -0.39 is 20.6 Å². The Kier molecular flexibility index (Phi) is 9.47. The molecule has 0 bridgehead atoms. The van der Waals surface area contributed by atoms with Crippen LogP contribution in [0.1, 0.15) is 0 Å². The molecular formula is C12H10N2Na2O6S2. The largest absolute Gasteiger partial charge is 1.00 e. The summed E-state index contributed by atoms with van der Waals surface area (Å²) in [4.78, 5) is 0. The van der Waals surface area contributed by atoms with E-state index in [0.717, 1.165) is 0 Å². The van der Waals surface area contributed by atoms with Crippen molar-refractivity contribution in [1.82, 2.24) is 0 Å². The molecule has 2 aromatic rings. The average Bonchev–Trinajstić information content (AvgIpc) is 2.37. The van der Waals surface area contributed by atoms with Crippen molar-refractivity contribution in [3.8, 4) is 11.1 Å². The smallest absolute Gasteiger partial charge is 0.731 e. The van der Waals surface area contributed by atoms with Gasteiger partial charge in [0.15, 0.2) is 20.6 Å². The van der Waals surface area contributed by atoms with E-state index in [2.05, 4.69) is 0 Å². The van der Waals surface area contributed by atoms with Gasteiger partial charge in [0.1, 0.15) is 0 Å². The predicted molar refractivity (Wildman–Crippen MR) is 78.5 cm³/mol. The van der Waals surface area contributed by atoms with E-state index in [1.807, 2.05) is 0 Å². The summed E-state index contributed by atoms with van der Waals surface area (Å²) in [6.45, 7) is 0. The third-order valence-corrected chi connectivity index (χ3v) is 3.56. The zero-order valence-corrected chi connectivity index (χ0v) is 18.5. The quantitative estimate of drug-likeness (QED) is 0.389. The summed E-state index contributed by atoms with van der Waals surface area (Å²) >= 11 is 0. The standard InChI is InChI=1S/C12H12N2O6S2.2Na/c15-21(16,17)13-11-5-1-9(2-6-11)10-3-7-12(8-4-10)14-22(18,19)20;;/h1-8,13-14H,(H,15,16,17)(H,18,19,20);;/q;2*+1/p-2. The SMILES string of the molecule is O=S(=O)([O-])Nc1ccc(-c2ccc(NS(=O)(=O)[O-])cc2)cc1.[Na+].[Na+]. The van der Waals surface area contributed by atoms with Crippen molar-refractivity contribution in [1.29, 1.82) is 0 Å². The molecule has 0 unspecified atom stereocenters. The fraction of sp³-hybridized carbons (Fsp3) is 0. The van der Waals surface area contributed by atoms with Gasteiger partial charge in [0.2, 0.25) is 0 Å². The Balaban J connectivity index is 0.00000264. The first-order chi connectivity index (χ1) is 10.1. The second-order valence-corrected chi connectivity index (χ2v) is 6.49. The first-order valence-electron chi connectivity index (χ1n) is 5.80. The molecule has 0 spiro atoms. The molecule has 2 aromatic carbocycles. The summed E-state index contributed by atoms with van der Waals surface area (Å²) in [5.74, 6) is 0. The van der Waals surface area contributed by atoms with E-state index in [1.54, 1.807) is 33.7 Å².